The zero-order chi connectivity index (χ0) is 17.2. The van der Waals surface area contributed by atoms with Crippen LogP contribution in [-0.4, -0.2) is 17.0 Å². The molecule has 6 heteroatoms. The van der Waals surface area contributed by atoms with E-state index in [9.17, 15) is 9.59 Å². The minimum Gasteiger partial charge on any atom is -0.351 e. The van der Waals surface area contributed by atoms with E-state index in [4.69, 9.17) is 4.52 Å². The molecule has 0 aliphatic heterocycles. The van der Waals surface area contributed by atoms with Gasteiger partial charge in [0.1, 0.15) is 0 Å². The molecule has 1 aromatic carbocycles. The molecule has 0 aliphatic rings. The van der Waals surface area contributed by atoms with Gasteiger partial charge in [0.15, 0.2) is 0 Å². The van der Waals surface area contributed by atoms with Crippen molar-refractivity contribution < 1.29 is 14.1 Å². The first-order valence-electron chi connectivity index (χ1n) is 7.33. The quantitative estimate of drug-likeness (QED) is 0.907. The molecule has 0 spiro atoms. The van der Waals surface area contributed by atoms with Gasteiger partial charge in [-0.15, -0.1) is 0 Å². The number of aryl methyl sites for hydroxylation is 2. The highest BCUT2D eigenvalue weighted by Gasteiger charge is 2.21. The van der Waals surface area contributed by atoms with Crippen molar-refractivity contribution in [2.24, 2.45) is 5.41 Å². The van der Waals surface area contributed by atoms with Gasteiger partial charge in [-0.3, -0.25) is 9.59 Å². The molecule has 2 rings (SSSR count). The molecule has 23 heavy (non-hydrogen) atoms. The molecule has 0 saturated carbocycles. The Morgan fingerprint density at radius 2 is 1.78 bits per heavy atom. The molecule has 2 N–H and O–H groups in total. The average Bonchev–Trinajstić information content (AvgIpc) is 2.88. The van der Waals surface area contributed by atoms with Crippen molar-refractivity contribution in [3.8, 4) is 0 Å². The van der Waals surface area contributed by atoms with Crippen LogP contribution < -0.4 is 10.6 Å². The number of carbonyl (C=O) groups excluding carboxylic acids is 2. The lowest BCUT2D eigenvalue weighted by Gasteiger charge is -2.18. The molecule has 1 heterocycles. The lowest BCUT2D eigenvalue weighted by Crippen LogP contribution is -2.27. The standard InChI is InChI=1S/C17H21N3O3/c1-10-6-7-12(18-16(22)17(3,4)5)9-13(10)19-15(21)14-8-11(2)20-23-14/h6-9H,1-5H3,(H,18,22)(H,19,21). The summed E-state index contributed by atoms with van der Waals surface area (Å²) in [6, 6.07) is 6.92. The van der Waals surface area contributed by atoms with Gasteiger partial charge in [-0.25, -0.2) is 0 Å². The van der Waals surface area contributed by atoms with Gasteiger partial charge in [0, 0.05) is 22.9 Å². The van der Waals surface area contributed by atoms with E-state index in [1.54, 1.807) is 25.1 Å². The number of anilines is 2. The van der Waals surface area contributed by atoms with E-state index in [1.807, 2.05) is 33.8 Å². The zero-order valence-electron chi connectivity index (χ0n) is 14.0. The number of hydrogen-bond donors (Lipinski definition) is 2. The Bertz CT molecular complexity index is 742. The van der Waals surface area contributed by atoms with E-state index in [0.29, 0.717) is 17.1 Å². The largest absolute Gasteiger partial charge is 0.351 e. The summed E-state index contributed by atoms with van der Waals surface area (Å²) in [6.07, 6.45) is 0. The van der Waals surface area contributed by atoms with Crippen molar-refractivity contribution in [3.05, 3.63) is 41.3 Å². The van der Waals surface area contributed by atoms with Crippen LogP contribution in [0, 0.1) is 19.3 Å². The Hall–Kier alpha value is -2.63. The van der Waals surface area contributed by atoms with Crippen molar-refractivity contribution in [1.82, 2.24) is 5.16 Å². The molecule has 122 valence electrons. The van der Waals surface area contributed by atoms with Gasteiger partial charge >= 0.3 is 0 Å². The topological polar surface area (TPSA) is 84.2 Å². The van der Waals surface area contributed by atoms with Crippen LogP contribution in [0.15, 0.2) is 28.8 Å². The third-order valence-corrected chi connectivity index (χ3v) is 3.28. The minimum atomic E-state index is -0.494. The van der Waals surface area contributed by atoms with Crippen LogP contribution in [0.25, 0.3) is 0 Å². The van der Waals surface area contributed by atoms with Gasteiger partial charge < -0.3 is 15.2 Å². The first-order valence-corrected chi connectivity index (χ1v) is 7.33. The van der Waals surface area contributed by atoms with Crippen LogP contribution in [0.4, 0.5) is 11.4 Å². The molecule has 1 aromatic heterocycles. The summed E-state index contributed by atoms with van der Waals surface area (Å²) < 4.78 is 4.95. The van der Waals surface area contributed by atoms with Gasteiger partial charge in [0.05, 0.1) is 5.69 Å². The molecular formula is C17H21N3O3. The minimum absolute atomic E-state index is 0.0931. The summed E-state index contributed by atoms with van der Waals surface area (Å²) >= 11 is 0. The normalized spacial score (nSPS) is 11.2. The van der Waals surface area contributed by atoms with Crippen LogP contribution in [0.3, 0.4) is 0 Å². The van der Waals surface area contributed by atoms with Crippen molar-refractivity contribution >= 4 is 23.2 Å². The number of nitrogens with zero attached hydrogens (tertiary/aromatic N) is 1. The van der Waals surface area contributed by atoms with Crippen LogP contribution in [0.1, 0.15) is 42.6 Å². The van der Waals surface area contributed by atoms with Crippen LogP contribution in [0.5, 0.6) is 0 Å². The summed E-state index contributed by atoms with van der Waals surface area (Å²) in [4.78, 5) is 24.2. The van der Waals surface area contributed by atoms with Crippen LogP contribution >= 0.6 is 0 Å². The SMILES string of the molecule is Cc1cc(C(=O)Nc2cc(NC(=O)C(C)(C)C)ccc2C)on1. The van der Waals surface area contributed by atoms with E-state index in [2.05, 4.69) is 15.8 Å². The molecule has 0 fully saturated rings. The second kappa shape index (κ2) is 6.24. The van der Waals surface area contributed by atoms with Gasteiger partial charge in [-0.05, 0) is 31.5 Å². The molecule has 0 bridgehead atoms. The summed E-state index contributed by atoms with van der Waals surface area (Å²) in [5.41, 5.74) is 2.25. The van der Waals surface area contributed by atoms with E-state index in [1.165, 1.54) is 0 Å². The maximum atomic E-state index is 12.1. The number of carbonyl (C=O) groups is 2. The van der Waals surface area contributed by atoms with E-state index in [0.717, 1.165) is 5.56 Å². The first-order chi connectivity index (χ1) is 10.7. The molecular weight excluding hydrogens is 294 g/mol. The lowest BCUT2D eigenvalue weighted by atomic mass is 9.95. The molecule has 0 atom stereocenters. The average molecular weight is 315 g/mol. The molecule has 6 nitrogen and oxygen atoms in total. The zero-order valence-corrected chi connectivity index (χ0v) is 14.0. The molecule has 0 radical (unpaired) electrons. The summed E-state index contributed by atoms with van der Waals surface area (Å²) in [6.45, 7) is 9.13. The number of hydrogen-bond acceptors (Lipinski definition) is 4. The Morgan fingerprint density at radius 1 is 1.09 bits per heavy atom. The molecule has 0 saturated heterocycles. The molecule has 2 amide bonds. The number of aromatic nitrogens is 1. The third-order valence-electron chi connectivity index (χ3n) is 3.28. The number of rotatable bonds is 3. The summed E-state index contributed by atoms with van der Waals surface area (Å²) in [5.74, 6) is -0.330. The third kappa shape index (κ3) is 4.18. The Morgan fingerprint density at radius 3 is 2.35 bits per heavy atom. The maximum absolute atomic E-state index is 12.1. The van der Waals surface area contributed by atoms with Gasteiger partial charge in [0.2, 0.25) is 11.7 Å². The van der Waals surface area contributed by atoms with Gasteiger partial charge in [-0.2, -0.15) is 0 Å². The molecule has 0 unspecified atom stereocenters. The predicted molar refractivity (Wildman–Crippen MR) is 88.5 cm³/mol. The van der Waals surface area contributed by atoms with E-state index >= 15 is 0 Å². The summed E-state index contributed by atoms with van der Waals surface area (Å²) in [5, 5.41) is 9.30. The monoisotopic (exact) mass is 315 g/mol. The highest BCUT2D eigenvalue weighted by atomic mass is 16.5. The molecule has 0 aliphatic carbocycles. The van der Waals surface area contributed by atoms with Crippen molar-refractivity contribution in [1.29, 1.82) is 0 Å². The van der Waals surface area contributed by atoms with Crippen molar-refractivity contribution in [3.63, 3.8) is 0 Å². The van der Waals surface area contributed by atoms with Gasteiger partial charge in [0.25, 0.3) is 5.91 Å². The van der Waals surface area contributed by atoms with Crippen molar-refractivity contribution in [2.75, 3.05) is 10.6 Å². The Kier molecular flexibility index (Phi) is 4.54. The van der Waals surface area contributed by atoms with Crippen molar-refractivity contribution in [2.45, 2.75) is 34.6 Å². The predicted octanol–water partition coefficient (Wildman–Crippen LogP) is 3.53. The summed E-state index contributed by atoms with van der Waals surface area (Å²) in [7, 11) is 0. The van der Waals surface area contributed by atoms with Gasteiger partial charge in [-0.1, -0.05) is 32.0 Å². The van der Waals surface area contributed by atoms with E-state index in [-0.39, 0.29) is 17.6 Å². The van der Waals surface area contributed by atoms with Crippen LogP contribution in [0.2, 0.25) is 0 Å². The molecule has 2 aromatic rings. The number of nitrogens with one attached hydrogen (secondary N) is 2. The smallest absolute Gasteiger partial charge is 0.294 e. The second-order valence-electron chi connectivity index (χ2n) is 6.52. The number of amides is 2. The second-order valence-corrected chi connectivity index (χ2v) is 6.52. The Balaban J connectivity index is 2.17. The Labute approximate surface area is 135 Å². The highest BCUT2D eigenvalue weighted by molar-refractivity contribution is 6.03. The van der Waals surface area contributed by atoms with Crippen LogP contribution in [-0.2, 0) is 4.79 Å². The maximum Gasteiger partial charge on any atom is 0.294 e. The fourth-order valence-electron chi connectivity index (χ4n) is 1.81. The highest BCUT2D eigenvalue weighted by Crippen LogP contribution is 2.23. The number of benzene rings is 1. The fraction of sp³-hybridized carbons (Fsp3) is 0.353. The lowest BCUT2D eigenvalue weighted by molar-refractivity contribution is -0.123. The fourth-order valence-corrected chi connectivity index (χ4v) is 1.81. The van der Waals surface area contributed by atoms with E-state index < -0.39 is 5.41 Å². The first kappa shape index (κ1) is 16.7.